The van der Waals surface area contributed by atoms with Crippen LogP contribution < -0.4 is 19.1 Å². The van der Waals surface area contributed by atoms with Gasteiger partial charge in [0, 0.05) is 36.8 Å². The number of nitrogens with zero attached hydrogens (tertiary/aromatic N) is 5. The second kappa shape index (κ2) is 9.67. The van der Waals surface area contributed by atoms with Crippen molar-refractivity contribution in [2.45, 2.75) is 12.8 Å². The summed E-state index contributed by atoms with van der Waals surface area (Å²) in [6.45, 7) is 2.48. The molecule has 1 aliphatic rings. The van der Waals surface area contributed by atoms with Crippen LogP contribution in [0.4, 0.5) is 5.69 Å². The van der Waals surface area contributed by atoms with Gasteiger partial charge in [0.2, 0.25) is 4.96 Å². The molecule has 1 atom stereocenters. The van der Waals surface area contributed by atoms with Gasteiger partial charge < -0.3 is 23.5 Å². The topological polar surface area (TPSA) is 98.1 Å². The highest BCUT2D eigenvalue weighted by atomic mass is 32.1. The third-order valence-corrected chi connectivity index (χ3v) is 7.50. The summed E-state index contributed by atoms with van der Waals surface area (Å²) >= 11 is 1.37. The van der Waals surface area contributed by atoms with Crippen LogP contribution in [0, 0.1) is 17.2 Å². The van der Waals surface area contributed by atoms with E-state index in [4.69, 9.17) is 23.9 Å². The van der Waals surface area contributed by atoms with Crippen molar-refractivity contribution in [1.82, 2.24) is 14.6 Å². The van der Waals surface area contributed by atoms with E-state index in [-0.39, 0.29) is 0 Å². The van der Waals surface area contributed by atoms with Gasteiger partial charge in [-0.25, -0.2) is 9.50 Å². The zero-order valence-electron chi connectivity index (χ0n) is 20.5. The molecule has 10 heteroatoms. The smallest absolute Gasteiger partial charge is 0.294 e. The number of methoxy groups -OCH3 is 2. The van der Waals surface area contributed by atoms with Gasteiger partial charge in [0.25, 0.3) is 5.19 Å². The molecule has 9 nitrogen and oxygen atoms in total. The van der Waals surface area contributed by atoms with Crippen LogP contribution in [0.15, 0.2) is 53.1 Å². The number of nitriles is 1. The fourth-order valence-electron chi connectivity index (χ4n) is 4.72. The Morgan fingerprint density at radius 1 is 1.16 bits per heavy atom. The van der Waals surface area contributed by atoms with Gasteiger partial charge in [0.15, 0.2) is 5.76 Å². The van der Waals surface area contributed by atoms with E-state index in [2.05, 4.69) is 21.1 Å². The molecule has 6 rings (SSSR count). The van der Waals surface area contributed by atoms with Crippen molar-refractivity contribution in [2.75, 3.05) is 38.8 Å². The maximum absolute atomic E-state index is 9.07. The van der Waals surface area contributed by atoms with Crippen molar-refractivity contribution in [3.63, 3.8) is 0 Å². The van der Waals surface area contributed by atoms with E-state index in [0.29, 0.717) is 46.1 Å². The first-order valence-electron chi connectivity index (χ1n) is 12.0. The molecule has 3 aromatic heterocycles. The molecule has 1 fully saturated rings. The van der Waals surface area contributed by atoms with Gasteiger partial charge in [-0.1, -0.05) is 0 Å². The molecule has 0 aliphatic carbocycles. The Balaban J connectivity index is 1.22. The SMILES string of the molecule is COc1cc(OCC2CCCN(c3ccc(C#N)cc3)C2)c2cc(-c3cn4nc(OC)sc4n3)oc2c1. The van der Waals surface area contributed by atoms with E-state index >= 15 is 0 Å². The maximum atomic E-state index is 9.07. The molecule has 188 valence electrons. The molecule has 5 aromatic rings. The molecule has 1 saturated heterocycles. The molecule has 0 saturated carbocycles. The van der Waals surface area contributed by atoms with Crippen LogP contribution >= 0.6 is 11.3 Å². The standard InChI is InChI=1S/C27H25N5O4S/c1-33-20-10-23(35-16-18-4-3-9-31(14-18)19-7-5-17(13-28)6-8-19)21-12-25(36-24(21)11-20)22-15-32-26(29-22)37-27(30-32)34-2/h5-8,10-12,15,18H,3-4,9,14,16H2,1-2H3. The van der Waals surface area contributed by atoms with Gasteiger partial charge in [-0.3, -0.25) is 0 Å². The number of anilines is 1. The van der Waals surface area contributed by atoms with Crippen LogP contribution in [0.2, 0.25) is 0 Å². The van der Waals surface area contributed by atoms with Gasteiger partial charge in [0.1, 0.15) is 22.8 Å². The predicted molar refractivity (Wildman–Crippen MR) is 141 cm³/mol. The zero-order valence-corrected chi connectivity index (χ0v) is 21.3. The van der Waals surface area contributed by atoms with E-state index in [1.165, 1.54) is 11.3 Å². The minimum atomic E-state index is 0.373. The number of ether oxygens (including phenoxy) is 3. The van der Waals surface area contributed by atoms with Crippen LogP contribution in [0.1, 0.15) is 18.4 Å². The Labute approximate surface area is 217 Å². The van der Waals surface area contributed by atoms with Crippen molar-refractivity contribution in [3.05, 3.63) is 54.2 Å². The quantitative estimate of drug-likeness (QED) is 0.285. The lowest BCUT2D eigenvalue weighted by molar-refractivity contribution is 0.230. The third kappa shape index (κ3) is 4.54. The largest absolute Gasteiger partial charge is 0.496 e. The summed E-state index contributed by atoms with van der Waals surface area (Å²) in [5.41, 5.74) is 3.18. The van der Waals surface area contributed by atoms with Gasteiger partial charge in [-0.2, -0.15) is 5.26 Å². The Morgan fingerprint density at radius 3 is 2.78 bits per heavy atom. The number of imidazole rings is 1. The van der Waals surface area contributed by atoms with Crippen LogP contribution in [0.25, 0.3) is 27.4 Å². The van der Waals surface area contributed by atoms with Crippen LogP contribution in [-0.2, 0) is 0 Å². The van der Waals surface area contributed by atoms with E-state index in [0.717, 1.165) is 47.7 Å². The minimum absolute atomic E-state index is 0.373. The van der Waals surface area contributed by atoms with Gasteiger partial charge in [-0.05, 0) is 54.5 Å². The lowest BCUT2D eigenvalue weighted by atomic mass is 9.98. The van der Waals surface area contributed by atoms with Crippen molar-refractivity contribution in [2.24, 2.45) is 5.92 Å². The second-order valence-corrected chi connectivity index (χ2v) is 9.92. The molecule has 37 heavy (non-hydrogen) atoms. The summed E-state index contributed by atoms with van der Waals surface area (Å²) in [7, 11) is 3.22. The first kappa shape index (κ1) is 23.2. The molecule has 0 spiro atoms. The molecule has 0 amide bonds. The highest BCUT2D eigenvalue weighted by Crippen LogP contribution is 2.38. The first-order valence-corrected chi connectivity index (χ1v) is 12.8. The number of benzene rings is 2. The van der Waals surface area contributed by atoms with Crippen molar-refractivity contribution in [3.8, 4) is 34.2 Å². The van der Waals surface area contributed by atoms with Gasteiger partial charge >= 0.3 is 0 Å². The normalized spacial score (nSPS) is 15.7. The monoisotopic (exact) mass is 515 g/mol. The Kier molecular flexibility index (Phi) is 6.06. The van der Waals surface area contributed by atoms with Crippen LogP contribution in [-0.4, -0.2) is 48.5 Å². The third-order valence-electron chi connectivity index (χ3n) is 6.62. The van der Waals surface area contributed by atoms with Crippen molar-refractivity contribution >= 4 is 33.0 Å². The molecule has 1 aliphatic heterocycles. The number of aromatic nitrogens is 3. The number of hydrogen-bond acceptors (Lipinski definition) is 9. The van der Waals surface area contributed by atoms with E-state index in [1.807, 2.05) is 48.7 Å². The zero-order chi connectivity index (χ0) is 25.4. The molecular formula is C27H25N5O4S. The Morgan fingerprint density at radius 2 is 2.03 bits per heavy atom. The summed E-state index contributed by atoms with van der Waals surface area (Å²) in [6.07, 6.45) is 4.01. The summed E-state index contributed by atoms with van der Waals surface area (Å²) in [5, 5.41) is 14.8. The highest BCUT2D eigenvalue weighted by molar-refractivity contribution is 7.18. The van der Waals surface area contributed by atoms with Gasteiger partial charge in [0.05, 0.1) is 44.0 Å². The predicted octanol–water partition coefficient (Wildman–Crippen LogP) is 5.39. The number of furan rings is 1. The number of hydrogen-bond donors (Lipinski definition) is 0. The molecule has 1 unspecified atom stereocenters. The summed E-state index contributed by atoms with van der Waals surface area (Å²) < 4.78 is 24.9. The Bertz CT molecular complexity index is 1570. The molecule has 0 bridgehead atoms. The number of fused-ring (bicyclic) bond motifs is 2. The minimum Gasteiger partial charge on any atom is -0.496 e. The Hall–Kier alpha value is -4.23. The average molecular weight is 516 g/mol. The second-order valence-electron chi connectivity index (χ2n) is 9.00. The van der Waals surface area contributed by atoms with Crippen molar-refractivity contribution in [1.29, 1.82) is 5.26 Å². The molecule has 4 heterocycles. The number of piperidine rings is 1. The van der Waals surface area contributed by atoms with Gasteiger partial charge in [-0.15, -0.1) is 5.10 Å². The summed E-state index contributed by atoms with van der Waals surface area (Å²) in [5.74, 6) is 2.40. The fourth-order valence-corrected chi connectivity index (χ4v) is 5.42. The lowest BCUT2D eigenvalue weighted by Crippen LogP contribution is -2.37. The van der Waals surface area contributed by atoms with Crippen LogP contribution in [0.5, 0.6) is 16.7 Å². The number of rotatable bonds is 7. The summed E-state index contributed by atoms with van der Waals surface area (Å²) in [6, 6.07) is 15.7. The summed E-state index contributed by atoms with van der Waals surface area (Å²) in [4.78, 5) is 7.73. The van der Waals surface area contributed by atoms with E-state index in [1.54, 1.807) is 18.7 Å². The lowest BCUT2D eigenvalue weighted by Gasteiger charge is -2.34. The highest BCUT2D eigenvalue weighted by Gasteiger charge is 2.22. The van der Waals surface area contributed by atoms with Crippen molar-refractivity contribution < 1.29 is 18.6 Å². The first-order chi connectivity index (χ1) is 18.1. The molecule has 2 aromatic carbocycles. The van der Waals surface area contributed by atoms with E-state index in [9.17, 15) is 0 Å². The van der Waals surface area contributed by atoms with E-state index < -0.39 is 0 Å². The fraction of sp³-hybridized carbons (Fsp3) is 0.296. The van der Waals surface area contributed by atoms with Crippen LogP contribution in [0.3, 0.4) is 0 Å². The maximum Gasteiger partial charge on any atom is 0.294 e. The average Bonchev–Trinajstić information content (AvgIpc) is 3.65. The molecule has 0 radical (unpaired) electrons. The molecular weight excluding hydrogens is 490 g/mol. The molecule has 0 N–H and O–H groups in total.